The molecule has 0 radical (unpaired) electrons. The molecule has 0 spiro atoms. The van der Waals surface area contributed by atoms with Crippen molar-refractivity contribution in [3.63, 3.8) is 0 Å². The van der Waals surface area contributed by atoms with Crippen LogP contribution in [-0.4, -0.2) is 0 Å². The van der Waals surface area contributed by atoms with Crippen molar-refractivity contribution >= 4 is 22.6 Å². The Morgan fingerprint density at radius 2 is 1.69 bits per heavy atom. The van der Waals surface area contributed by atoms with E-state index >= 15 is 0 Å². The highest BCUT2D eigenvalue weighted by Crippen LogP contribution is 2.15. The van der Waals surface area contributed by atoms with Gasteiger partial charge in [0.25, 0.3) is 0 Å². The van der Waals surface area contributed by atoms with Crippen molar-refractivity contribution in [1.29, 1.82) is 0 Å². The van der Waals surface area contributed by atoms with E-state index in [1.807, 2.05) is 6.08 Å². The minimum Gasteiger partial charge on any atom is -0.103 e. The van der Waals surface area contributed by atoms with E-state index in [1.165, 1.54) is 54.1 Å². The van der Waals surface area contributed by atoms with E-state index in [9.17, 15) is 0 Å². The van der Waals surface area contributed by atoms with Gasteiger partial charge in [-0.15, -0.1) is 6.58 Å². The Bertz CT molecular complexity index is 304. The van der Waals surface area contributed by atoms with Gasteiger partial charge in [-0.1, -0.05) is 43.5 Å². The van der Waals surface area contributed by atoms with E-state index in [-0.39, 0.29) is 0 Å². The molecule has 1 rings (SSSR count). The Balaban J connectivity index is 2.07. The van der Waals surface area contributed by atoms with Crippen LogP contribution in [0.1, 0.15) is 44.1 Å². The Hall–Kier alpha value is -0.310. The van der Waals surface area contributed by atoms with Gasteiger partial charge in [0.1, 0.15) is 0 Å². The lowest BCUT2D eigenvalue weighted by atomic mass is 10.1. The number of unbranched alkanes of at least 4 members (excludes halogenated alkanes) is 5. The summed E-state index contributed by atoms with van der Waals surface area (Å²) in [6.07, 6.45) is 11.2. The monoisotopic (exact) mass is 328 g/mol. The first-order valence-electron chi connectivity index (χ1n) is 6.19. The van der Waals surface area contributed by atoms with E-state index in [0.717, 1.165) is 0 Å². The number of halogens is 1. The fraction of sp³-hybridized carbons (Fsp3) is 0.467. The molecule has 1 aromatic rings. The Labute approximate surface area is 113 Å². The van der Waals surface area contributed by atoms with Gasteiger partial charge in [0.15, 0.2) is 0 Å². The van der Waals surface area contributed by atoms with Crippen LogP contribution in [0, 0.1) is 3.57 Å². The second kappa shape index (κ2) is 8.80. The van der Waals surface area contributed by atoms with Crippen LogP contribution < -0.4 is 0 Å². The highest BCUT2D eigenvalue weighted by Gasteiger charge is 1.97. The molecule has 0 atom stereocenters. The minimum atomic E-state index is 1.18. The molecule has 88 valence electrons. The zero-order valence-electron chi connectivity index (χ0n) is 9.92. The molecule has 0 N–H and O–H groups in total. The van der Waals surface area contributed by atoms with Crippen molar-refractivity contribution in [2.75, 3.05) is 0 Å². The molecule has 0 bridgehead atoms. The molecule has 0 saturated heterocycles. The molecule has 0 aliphatic carbocycles. The molecule has 0 aliphatic heterocycles. The highest BCUT2D eigenvalue weighted by atomic mass is 127. The fourth-order valence-electron chi connectivity index (χ4n) is 1.84. The maximum atomic E-state index is 3.74. The van der Waals surface area contributed by atoms with Crippen LogP contribution >= 0.6 is 22.6 Å². The number of benzene rings is 1. The van der Waals surface area contributed by atoms with Gasteiger partial charge in [-0.25, -0.2) is 0 Å². The van der Waals surface area contributed by atoms with Crippen LogP contribution in [-0.2, 0) is 6.42 Å². The summed E-state index contributed by atoms with van der Waals surface area (Å²) in [7, 11) is 0. The van der Waals surface area contributed by atoms with E-state index in [1.54, 1.807) is 0 Å². The van der Waals surface area contributed by atoms with Gasteiger partial charge in [0.05, 0.1) is 0 Å². The molecule has 1 aromatic carbocycles. The Morgan fingerprint density at radius 1 is 1.00 bits per heavy atom. The molecular weight excluding hydrogens is 307 g/mol. The summed E-state index contributed by atoms with van der Waals surface area (Å²) in [5.41, 5.74) is 1.51. The van der Waals surface area contributed by atoms with Gasteiger partial charge in [-0.3, -0.25) is 0 Å². The maximum absolute atomic E-state index is 3.74. The van der Waals surface area contributed by atoms with E-state index in [2.05, 4.69) is 53.4 Å². The summed E-state index contributed by atoms with van der Waals surface area (Å²) < 4.78 is 1.41. The third-order valence-electron chi connectivity index (χ3n) is 2.81. The smallest absolute Gasteiger partial charge is 0.0162 e. The number of hydrogen-bond acceptors (Lipinski definition) is 0. The van der Waals surface area contributed by atoms with Crippen LogP contribution in [0.5, 0.6) is 0 Å². The van der Waals surface area contributed by atoms with Gasteiger partial charge in [0, 0.05) is 3.57 Å². The topological polar surface area (TPSA) is 0 Å². The lowest BCUT2D eigenvalue weighted by Crippen LogP contribution is -1.89. The normalized spacial score (nSPS) is 10.3. The van der Waals surface area contributed by atoms with Gasteiger partial charge < -0.3 is 0 Å². The number of allylic oxidation sites excluding steroid dienone is 1. The molecule has 0 aromatic heterocycles. The molecule has 0 saturated carbocycles. The molecule has 0 heterocycles. The van der Waals surface area contributed by atoms with Crippen LogP contribution in [0.15, 0.2) is 36.9 Å². The summed E-state index contributed by atoms with van der Waals surface area (Å²) in [5.74, 6) is 0. The van der Waals surface area contributed by atoms with Crippen molar-refractivity contribution in [2.24, 2.45) is 0 Å². The average Bonchev–Trinajstić information content (AvgIpc) is 2.30. The number of aryl methyl sites for hydroxylation is 1. The van der Waals surface area contributed by atoms with Crippen molar-refractivity contribution in [3.8, 4) is 0 Å². The maximum Gasteiger partial charge on any atom is 0.0162 e. The molecule has 0 amide bonds. The molecule has 0 fully saturated rings. The second-order valence-corrected chi connectivity index (χ2v) is 5.35. The fourth-order valence-corrected chi connectivity index (χ4v) is 2.49. The lowest BCUT2D eigenvalue weighted by molar-refractivity contribution is 0.617. The van der Waals surface area contributed by atoms with Crippen molar-refractivity contribution in [3.05, 3.63) is 46.1 Å². The SMILES string of the molecule is C=CCCCCCCCc1ccccc1I. The zero-order valence-corrected chi connectivity index (χ0v) is 12.1. The Kier molecular flexibility index (Phi) is 7.56. The summed E-state index contributed by atoms with van der Waals surface area (Å²) in [4.78, 5) is 0. The first-order chi connectivity index (χ1) is 7.84. The predicted molar refractivity (Wildman–Crippen MR) is 80.8 cm³/mol. The van der Waals surface area contributed by atoms with E-state index in [0.29, 0.717) is 0 Å². The van der Waals surface area contributed by atoms with Gasteiger partial charge in [0.2, 0.25) is 0 Å². The van der Waals surface area contributed by atoms with Crippen LogP contribution in [0.4, 0.5) is 0 Å². The van der Waals surface area contributed by atoms with Gasteiger partial charge in [-0.05, 0) is 59.9 Å². The number of rotatable bonds is 8. The lowest BCUT2D eigenvalue weighted by Gasteiger charge is -2.04. The largest absolute Gasteiger partial charge is 0.103 e. The average molecular weight is 328 g/mol. The summed E-state index contributed by atoms with van der Waals surface area (Å²) >= 11 is 2.43. The predicted octanol–water partition coefficient (Wildman–Crippen LogP) is 5.36. The first kappa shape index (κ1) is 13.8. The van der Waals surface area contributed by atoms with Gasteiger partial charge in [-0.2, -0.15) is 0 Å². The first-order valence-corrected chi connectivity index (χ1v) is 7.27. The highest BCUT2D eigenvalue weighted by molar-refractivity contribution is 14.1. The minimum absolute atomic E-state index is 1.18. The van der Waals surface area contributed by atoms with Gasteiger partial charge >= 0.3 is 0 Å². The van der Waals surface area contributed by atoms with Crippen LogP contribution in [0.2, 0.25) is 0 Å². The molecule has 16 heavy (non-hydrogen) atoms. The quantitative estimate of drug-likeness (QED) is 0.342. The molecule has 0 unspecified atom stereocenters. The summed E-state index contributed by atoms with van der Waals surface area (Å²) in [6, 6.07) is 8.70. The number of hydrogen-bond donors (Lipinski definition) is 0. The summed E-state index contributed by atoms with van der Waals surface area (Å²) in [5, 5.41) is 0. The van der Waals surface area contributed by atoms with Crippen LogP contribution in [0.3, 0.4) is 0 Å². The summed E-state index contributed by atoms with van der Waals surface area (Å²) in [6.45, 7) is 3.74. The molecular formula is C15H21I. The second-order valence-electron chi connectivity index (χ2n) is 4.19. The molecule has 0 nitrogen and oxygen atoms in total. The van der Waals surface area contributed by atoms with Crippen LogP contribution in [0.25, 0.3) is 0 Å². The van der Waals surface area contributed by atoms with Crippen molar-refractivity contribution in [1.82, 2.24) is 0 Å². The standard InChI is InChI=1S/C15H21I/c1-2-3-4-5-6-7-8-11-14-12-9-10-13-15(14)16/h2,9-10,12-13H,1,3-8,11H2. The zero-order chi connectivity index (χ0) is 11.6. The third-order valence-corrected chi connectivity index (χ3v) is 3.86. The molecule has 0 aliphatic rings. The van der Waals surface area contributed by atoms with Crippen molar-refractivity contribution < 1.29 is 0 Å². The molecule has 1 heteroatoms. The van der Waals surface area contributed by atoms with E-state index < -0.39 is 0 Å². The Morgan fingerprint density at radius 3 is 2.44 bits per heavy atom. The van der Waals surface area contributed by atoms with Crippen molar-refractivity contribution in [2.45, 2.75) is 44.9 Å². The third kappa shape index (κ3) is 5.69. The van der Waals surface area contributed by atoms with E-state index in [4.69, 9.17) is 0 Å².